The molecule has 0 radical (unpaired) electrons. The Labute approximate surface area is 146 Å². The minimum atomic E-state index is 0.183. The molecule has 0 aromatic rings. The number of ether oxygens (including phenoxy) is 1. The van der Waals surface area contributed by atoms with E-state index in [9.17, 15) is 4.79 Å². The van der Waals surface area contributed by atoms with Crippen LogP contribution in [-0.4, -0.2) is 68.3 Å². The van der Waals surface area contributed by atoms with E-state index in [1.165, 1.54) is 25.7 Å². The Morgan fingerprint density at radius 2 is 2.00 bits per heavy atom. The maximum atomic E-state index is 12.8. The van der Waals surface area contributed by atoms with Crippen molar-refractivity contribution < 1.29 is 9.53 Å². The highest BCUT2D eigenvalue weighted by molar-refractivity contribution is 5.75. The second-order valence-electron chi connectivity index (χ2n) is 8.78. The van der Waals surface area contributed by atoms with E-state index in [0.29, 0.717) is 23.5 Å². The van der Waals surface area contributed by atoms with E-state index in [1.54, 1.807) is 0 Å². The van der Waals surface area contributed by atoms with Gasteiger partial charge in [-0.3, -0.25) is 0 Å². The smallest absolute Gasteiger partial charge is 0.317 e. The van der Waals surface area contributed by atoms with E-state index in [-0.39, 0.29) is 6.03 Å². The molecule has 5 nitrogen and oxygen atoms in total. The molecule has 1 spiro atoms. The summed E-state index contributed by atoms with van der Waals surface area (Å²) in [6.07, 6.45) is 8.93. The van der Waals surface area contributed by atoms with Crippen molar-refractivity contribution in [1.82, 2.24) is 15.1 Å². The SMILES string of the molecule is CN(C)CCC1CCN(C(=O)N[C@@H]2[C@@H]3CCO[C@@H]3C23CCC3)CC1. The standard InChI is InChI=1S/C19H33N3O2/c1-21(2)10-4-14-5-11-22(12-6-14)18(23)20-16-15-7-13-24-17(15)19(16)8-3-9-19/h14-17H,3-13H2,1-2H3,(H,20,23)/t15-,16+,17-/m0/s1. The van der Waals surface area contributed by atoms with Crippen molar-refractivity contribution in [2.24, 2.45) is 17.3 Å². The van der Waals surface area contributed by atoms with E-state index < -0.39 is 0 Å². The average molecular weight is 335 g/mol. The van der Waals surface area contributed by atoms with E-state index in [0.717, 1.165) is 51.4 Å². The van der Waals surface area contributed by atoms with Gasteiger partial charge < -0.3 is 19.9 Å². The normalized spacial score (nSPS) is 34.8. The number of hydrogen-bond acceptors (Lipinski definition) is 3. The van der Waals surface area contributed by atoms with Crippen LogP contribution < -0.4 is 5.32 Å². The highest BCUT2D eigenvalue weighted by Gasteiger charge is 2.67. The van der Waals surface area contributed by atoms with Crippen LogP contribution in [0.5, 0.6) is 0 Å². The number of likely N-dealkylation sites (tertiary alicyclic amines) is 1. The molecule has 0 unspecified atom stereocenters. The van der Waals surface area contributed by atoms with Gasteiger partial charge in [-0.2, -0.15) is 0 Å². The number of hydrogen-bond donors (Lipinski definition) is 1. The maximum Gasteiger partial charge on any atom is 0.317 e. The van der Waals surface area contributed by atoms with Gasteiger partial charge >= 0.3 is 6.03 Å². The Kier molecular flexibility index (Phi) is 4.50. The molecule has 2 amide bonds. The van der Waals surface area contributed by atoms with Crippen molar-refractivity contribution in [3.63, 3.8) is 0 Å². The molecule has 2 saturated heterocycles. The van der Waals surface area contributed by atoms with Gasteiger partial charge in [-0.25, -0.2) is 4.79 Å². The van der Waals surface area contributed by atoms with Crippen LogP contribution in [0.1, 0.15) is 44.9 Å². The van der Waals surface area contributed by atoms with Gasteiger partial charge in [0.15, 0.2) is 0 Å². The minimum Gasteiger partial charge on any atom is -0.377 e. The van der Waals surface area contributed by atoms with Crippen molar-refractivity contribution in [3.05, 3.63) is 0 Å². The fraction of sp³-hybridized carbons (Fsp3) is 0.947. The van der Waals surface area contributed by atoms with Crippen LogP contribution in [-0.2, 0) is 4.74 Å². The van der Waals surface area contributed by atoms with E-state index in [2.05, 4.69) is 29.2 Å². The van der Waals surface area contributed by atoms with Crippen LogP contribution in [0.3, 0.4) is 0 Å². The summed E-state index contributed by atoms with van der Waals surface area (Å²) in [5, 5.41) is 3.41. The molecule has 2 heterocycles. The molecule has 1 N–H and O–H groups in total. The van der Waals surface area contributed by atoms with E-state index >= 15 is 0 Å². The monoisotopic (exact) mass is 335 g/mol. The van der Waals surface area contributed by atoms with Gasteiger partial charge in [0.1, 0.15) is 0 Å². The van der Waals surface area contributed by atoms with Gasteiger partial charge in [0.05, 0.1) is 6.10 Å². The Hall–Kier alpha value is -0.810. The Morgan fingerprint density at radius 3 is 2.62 bits per heavy atom. The number of piperidine rings is 1. The number of amides is 2. The van der Waals surface area contributed by atoms with Gasteiger partial charge in [-0.05, 0) is 65.1 Å². The number of rotatable bonds is 4. The topological polar surface area (TPSA) is 44.8 Å². The summed E-state index contributed by atoms with van der Waals surface area (Å²) in [5.74, 6) is 1.36. The third-order valence-electron chi connectivity index (χ3n) is 7.20. The maximum absolute atomic E-state index is 12.8. The number of fused-ring (bicyclic) bond motifs is 2. The highest BCUT2D eigenvalue weighted by atomic mass is 16.5. The van der Waals surface area contributed by atoms with Crippen LogP contribution >= 0.6 is 0 Å². The number of urea groups is 1. The summed E-state index contributed by atoms with van der Waals surface area (Å²) in [6, 6.07) is 0.556. The molecule has 3 atom stereocenters. The minimum absolute atomic E-state index is 0.183. The summed E-state index contributed by atoms with van der Waals surface area (Å²) in [4.78, 5) is 17.1. The predicted molar refractivity (Wildman–Crippen MR) is 93.9 cm³/mol. The fourth-order valence-electron chi connectivity index (χ4n) is 5.55. The number of carbonyl (C=O) groups excluding carboxylic acids is 1. The predicted octanol–water partition coefficient (Wildman–Crippen LogP) is 2.32. The van der Waals surface area contributed by atoms with Gasteiger partial charge in [-0.15, -0.1) is 0 Å². The second kappa shape index (κ2) is 6.49. The quantitative estimate of drug-likeness (QED) is 0.857. The second-order valence-corrected chi connectivity index (χ2v) is 8.78. The first-order valence-corrected chi connectivity index (χ1v) is 9.92. The zero-order chi connectivity index (χ0) is 16.7. The molecular formula is C19H33N3O2. The van der Waals surface area contributed by atoms with Crippen LogP contribution in [0, 0.1) is 17.3 Å². The third-order valence-corrected chi connectivity index (χ3v) is 7.20. The Morgan fingerprint density at radius 1 is 1.25 bits per heavy atom. The lowest BCUT2D eigenvalue weighted by Crippen LogP contribution is -2.72. The molecule has 2 aliphatic carbocycles. The lowest BCUT2D eigenvalue weighted by atomic mass is 9.46. The first kappa shape index (κ1) is 16.6. The van der Waals surface area contributed by atoms with Crippen LogP contribution in [0.4, 0.5) is 4.79 Å². The average Bonchev–Trinajstić information content (AvgIpc) is 2.94. The Balaban J connectivity index is 1.27. The lowest BCUT2D eigenvalue weighted by molar-refractivity contribution is -0.172. The first-order chi connectivity index (χ1) is 11.6. The summed E-state index contributed by atoms with van der Waals surface area (Å²) in [5.41, 5.74) is 0.293. The number of carbonyl (C=O) groups is 1. The lowest BCUT2D eigenvalue weighted by Gasteiger charge is -2.63. The fourth-order valence-corrected chi connectivity index (χ4v) is 5.55. The highest BCUT2D eigenvalue weighted by Crippen LogP contribution is 2.62. The molecule has 2 aliphatic heterocycles. The molecule has 24 heavy (non-hydrogen) atoms. The van der Waals surface area contributed by atoms with Crippen molar-refractivity contribution in [3.8, 4) is 0 Å². The molecule has 2 saturated carbocycles. The van der Waals surface area contributed by atoms with Gasteiger partial charge in [0.25, 0.3) is 0 Å². The Bertz CT molecular complexity index is 469. The largest absolute Gasteiger partial charge is 0.377 e. The molecule has 0 bridgehead atoms. The van der Waals surface area contributed by atoms with Crippen LogP contribution in [0.25, 0.3) is 0 Å². The molecule has 136 valence electrons. The number of nitrogens with zero attached hydrogens (tertiary/aromatic N) is 2. The third kappa shape index (κ3) is 2.74. The van der Waals surface area contributed by atoms with Gasteiger partial charge in [0, 0.05) is 37.1 Å². The molecular weight excluding hydrogens is 302 g/mol. The molecule has 4 fully saturated rings. The van der Waals surface area contributed by atoms with Crippen LogP contribution in [0.15, 0.2) is 0 Å². The molecule has 4 rings (SSSR count). The first-order valence-electron chi connectivity index (χ1n) is 9.92. The summed E-state index contributed by atoms with van der Waals surface area (Å²) in [7, 11) is 4.27. The molecule has 4 aliphatic rings. The van der Waals surface area contributed by atoms with Crippen molar-refractivity contribution >= 4 is 6.03 Å². The molecule has 0 aromatic carbocycles. The summed E-state index contributed by atoms with van der Waals surface area (Å²) < 4.78 is 5.96. The number of nitrogens with one attached hydrogen (secondary N) is 1. The van der Waals surface area contributed by atoms with E-state index in [1.807, 2.05) is 0 Å². The van der Waals surface area contributed by atoms with Gasteiger partial charge in [0.2, 0.25) is 0 Å². The molecule has 0 aromatic heterocycles. The van der Waals surface area contributed by atoms with Crippen molar-refractivity contribution in [1.29, 1.82) is 0 Å². The molecule has 5 heteroatoms. The zero-order valence-electron chi connectivity index (χ0n) is 15.3. The summed E-state index contributed by atoms with van der Waals surface area (Å²) >= 11 is 0. The summed E-state index contributed by atoms with van der Waals surface area (Å²) in [6.45, 7) is 3.90. The zero-order valence-corrected chi connectivity index (χ0v) is 15.3. The van der Waals surface area contributed by atoms with Gasteiger partial charge in [-0.1, -0.05) is 6.42 Å². The van der Waals surface area contributed by atoms with Crippen LogP contribution in [0.2, 0.25) is 0 Å². The van der Waals surface area contributed by atoms with E-state index in [4.69, 9.17) is 4.74 Å². The van der Waals surface area contributed by atoms with Crippen molar-refractivity contribution in [2.75, 3.05) is 40.3 Å². The van der Waals surface area contributed by atoms with Crippen molar-refractivity contribution in [2.45, 2.75) is 57.1 Å².